The van der Waals surface area contributed by atoms with E-state index in [2.05, 4.69) is 17.9 Å². The third-order valence-electron chi connectivity index (χ3n) is 6.23. The lowest BCUT2D eigenvalue weighted by atomic mass is 10.1. The van der Waals surface area contributed by atoms with Crippen LogP contribution >= 0.6 is 22.7 Å². The van der Waals surface area contributed by atoms with Gasteiger partial charge in [-0.05, 0) is 36.6 Å². The number of thiazole rings is 1. The first-order valence-corrected chi connectivity index (χ1v) is 13.3. The van der Waals surface area contributed by atoms with Crippen molar-refractivity contribution >= 4 is 59.7 Å². The molecule has 1 aliphatic heterocycles. The van der Waals surface area contributed by atoms with E-state index in [1.165, 1.54) is 40.4 Å². The number of nitro benzene ring substituents is 1. The van der Waals surface area contributed by atoms with Crippen molar-refractivity contribution in [1.29, 1.82) is 0 Å². The lowest BCUT2D eigenvalue weighted by Crippen LogP contribution is -2.39. The summed E-state index contributed by atoms with van der Waals surface area (Å²) in [4.78, 5) is 34.1. The van der Waals surface area contributed by atoms with E-state index in [0.29, 0.717) is 21.9 Å². The first-order valence-electron chi connectivity index (χ1n) is 11.7. The number of ether oxygens (including phenoxy) is 1. The molecule has 1 saturated heterocycles. The molecule has 5 rings (SSSR count). The number of hydrogen-bond donors (Lipinski definition) is 0. The number of para-hydroxylation sites is 1. The van der Waals surface area contributed by atoms with Gasteiger partial charge in [0.2, 0.25) is 0 Å². The molecule has 0 spiro atoms. The Morgan fingerprint density at radius 3 is 2.77 bits per heavy atom. The van der Waals surface area contributed by atoms with Gasteiger partial charge in [-0.1, -0.05) is 30.4 Å². The number of carbonyl (C=O) groups excluding carboxylic acids is 1. The molecule has 0 atom stereocenters. The molecule has 35 heavy (non-hydrogen) atoms. The first-order chi connectivity index (χ1) is 17.0. The van der Waals surface area contributed by atoms with Gasteiger partial charge in [-0.15, -0.1) is 11.3 Å². The number of fused-ring (bicyclic) bond motifs is 2. The molecule has 10 heteroatoms. The summed E-state index contributed by atoms with van der Waals surface area (Å²) in [7, 11) is 0. The zero-order chi connectivity index (χ0) is 24.4. The first kappa shape index (κ1) is 23.8. The highest BCUT2D eigenvalue weighted by atomic mass is 32.1. The number of nitrogens with zero attached hydrogens (tertiary/aromatic N) is 4. The van der Waals surface area contributed by atoms with Gasteiger partial charge in [0.1, 0.15) is 0 Å². The molecule has 0 bridgehead atoms. The van der Waals surface area contributed by atoms with Gasteiger partial charge in [-0.3, -0.25) is 24.7 Å². The average Bonchev–Trinajstić information content (AvgIpc) is 3.50. The van der Waals surface area contributed by atoms with Crippen LogP contribution in [0.4, 0.5) is 10.8 Å². The van der Waals surface area contributed by atoms with Gasteiger partial charge in [-0.2, -0.15) is 0 Å². The molecule has 2 aromatic carbocycles. The molecule has 4 aromatic rings. The number of anilines is 1. The van der Waals surface area contributed by atoms with Gasteiger partial charge in [0, 0.05) is 48.4 Å². The van der Waals surface area contributed by atoms with E-state index < -0.39 is 4.92 Å². The Kier molecular flexibility index (Phi) is 7.05. The Morgan fingerprint density at radius 2 is 2.00 bits per heavy atom. The van der Waals surface area contributed by atoms with E-state index in [0.717, 1.165) is 60.6 Å². The summed E-state index contributed by atoms with van der Waals surface area (Å²) >= 11 is 2.89. The van der Waals surface area contributed by atoms with Crippen LogP contribution in [0.3, 0.4) is 0 Å². The minimum atomic E-state index is -0.414. The largest absolute Gasteiger partial charge is 0.379 e. The second kappa shape index (κ2) is 10.4. The van der Waals surface area contributed by atoms with E-state index in [-0.39, 0.29) is 11.6 Å². The smallest absolute Gasteiger partial charge is 0.270 e. The monoisotopic (exact) mass is 510 g/mol. The molecule has 0 unspecified atom stereocenters. The zero-order valence-corrected chi connectivity index (χ0v) is 21.1. The maximum atomic E-state index is 13.8. The second-order valence-electron chi connectivity index (χ2n) is 8.47. The molecular weight excluding hydrogens is 484 g/mol. The normalized spacial score (nSPS) is 14.5. The van der Waals surface area contributed by atoms with Gasteiger partial charge in [0.05, 0.1) is 33.2 Å². The van der Waals surface area contributed by atoms with Crippen LogP contribution in [-0.4, -0.2) is 60.1 Å². The number of amides is 1. The van der Waals surface area contributed by atoms with E-state index >= 15 is 0 Å². The summed E-state index contributed by atoms with van der Waals surface area (Å²) in [6, 6.07) is 12.6. The number of aromatic nitrogens is 1. The maximum absolute atomic E-state index is 13.8. The molecule has 8 nitrogen and oxygen atoms in total. The van der Waals surface area contributed by atoms with Gasteiger partial charge < -0.3 is 4.74 Å². The third kappa shape index (κ3) is 5.06. The predicted molar refractivity (Wildman–Crippen MR) is 141 cm³/mol. The van der Waals surface area contributed by atoms with Crippen molar-refractivity contribution in [2.75, 3.05) is 44.3 Å². The molecule has 182 valence electrons. The molecule has 2 aromatic heterocycles. The van der Waals surface area contributed by atoms with Crippen LogP contribution in [-0.2, 0) is 11.2 Å². The van der Waals surface area contributed by atoms with Gasteiger partial charge in [-0.25, -0.2) is 4.98 Å². The van der Waals surface area contributed by atoms with Gasteiger partial charge >= 0.3 is 0 Å². The predicted octanol–water partition coefficient (Wildman–Crippen LogP) is 5.35. The van der Waals surface area contributed by atoms with E-state index in [1.54, 1.807) is 17.0 Å². The fraction of sp³-hybridized carbons (Fsp3) is 0.360. The Balaban J connectivity index is 1.45. The summed E-state index contributed by atoms with van der Waals surface area (Å²) in [5, 5.41) is 12.6. The quantitative estimate of drug-likeness (QED) is 0.234. The number of non-ortho nitro benzene ring substituents is 1. The molecule has 1 amide bonds. The maximum Gasteiger partial charge on any atom is 0.270 e. The highest BCUT2D eigenvalue weighted by molar-refractivity contribution is 7.23. The van der Waals surface area contributed by atoms with Crippen LogP contribution in [0.25, 0.3) is 20.3 Å². The topological polar surface area (TPSA) is 88.8 Å². The molecule has 0 N–H and O–H groups in total. The molecule has 1 aliphatic rings. The van der Waals surface area contributed by atoms with Gasteiger partial charge in [0.25, 0.3) is 11.6 Å². The lowest BCUT2D eigenvalue weighted by molar-refractivity contribution is -0.384. The van der Waals surface area contributed by atoms with E-state index in [9.17, 15) is 14.9 Å². The van der Waals surface area contributed by atoms with Crippen LogP contribution in [0.1, 0.15) is 28.6 Å². The van der Waals surface area contributed by atoms with E-state index in [4.69, 9.17) is 9.72 Å². The molecular formula is C25H26N4O4S2. The zero-order valence-electron chi connectivity index (χ0n) is 19.4. The number of benzene rings is 2. The second-order valence-corrected chi connectivity index (χ2v) is 10.6. The fourth-order valence-corrected chi connectivity index (χ4v) is 6.37. The number of nitro groups is 1. The highest BCUT2D eigenvalue weighted by Crippen LogP contribution is 2.34. The molecule has 3 heterocycles. The summed E-state index contributed by atoms with van der Waals surface area (Å²) in [6.45, 7) is 6.84. The molecule has 0 saturated carbocycles. The minimum absolute atomic E-state index is 0.0231. The van der Waals surface area contributed by atoms with Crippen LogP contribution in [0.15, 0.2) is 42.5 Å². The number of thiophene rings is 1. The average molecular weight is 511 g/mol. The van der Waals surface area contributed by atoms with Crippen molar-refractivity contribution in [2.45, 2.75) is 19.8 Å². The Labute approximate surface area is 210 Å². The summed E-state index contributed by atoms with van der Waals surface area (Å²) in [6.07, 6.45) is 1.69. The molecule has 0 radical (unpaired) electrons. The van der Waals surface area contributed by atoms with Crippen LogP contribution in [0.5, 0.6) is 0 Å². The third-order valence-corrected chi connectivity index (χ3v) is 8.38. The molecule has 0 aliphatic carbocycles. The van der Waals surface area contributed by atoms with Crippen molar-refractivity contribution in [3.05, 3.63) is 63.0 Å². The van der Waals surface area contributed by atoms with Crippen molar-refractivity contribution in [2.24, 2.45) is 0 Å². The Morgan fingerprint density at radius 1 is 1.17 bits per heavy atom. The minimum Gasteiger partial charge on any atom is -0.379 e. The SMILES string of the molecule is CCc1cccc2sc(N(CCCN3CCOCC3)C(=O)c3cc4cc([N+](=O)[O-])ccc4s3)nc12. The number of morpholine rings is 1. The Bertz CT molecular complexity index is 1380. The van der Waals surface area contributed by atoms with Gasteiger partial charge in [0.15, 0.2) is 5.13 Å². The summed E-state index contributed by atoms with van der Waals surface area (Å²) in [5.41, 5.74) is 2.14. The summed E-state index contributed by atoms with van der Waals surface area (Å²) < 4.78 is 7.36. The summed E-state index contributed by atoms with van der Waals surface area (Å²) in [5.74, 6) is -0.118. The van der Waals surface area contributed by atoms with Crippen molar-refractivity contribution < 1.29 is 14.5 Å². The van der Waals surface area contributed by atoms with Crippen molar-refractivity contribution in [3.8, 4) is 0 Å². The fourth-order valence-electron chi connectivity index (χ4n) is 4.34. The lowest BCUT2D eigenvalue weighted by Gasteiger charge is -2.27. The number of hydrogen-bond acceptors (Lipinski definition) is 8. The van der Waals surface area contributed by atoms with Crippen molar-refractivity contribution in [1.82, 2.24) is 9.88 Å². The number of aryl methyl sites for hydroxylation is 1. The number of rotatable bonds is 8. The standard InChI is InChI=1S/C25H26N4O4S2/c1-2-17-5-3-6-21-23(17)26-25(35-21)28(10-4-9-27-11-13-33-14-12-27)24(30)22-16-18-15-19(29(31)32)7-8-20(18)34-22/h3,5-8,15-16H,2,4,9-14H2,1H3. The molecule has 1 fully saturated rings. The Hall–Kier alpha value is -2.92. The van der Waals surface area contributed by atoms with Crippen LogP contribution in [0.2, 0.25) is 0 Å². The van der Waals surface area contributed by atoms with Crippen LogP contribution < -0.4 is 4.90 Å². The number of carbonyl (C=O) groups is 1. The van der Waals surface area contributed by atoms with Crippen LogP contribution in [0, 0.1) is 10.1 Å². The van der Waals surface area contributed by atoms with Crippen molar-refractivity contribution in [3.63, 3.8) is 0 Å². The van der Waals surface area contributed by atoms with E-state index in [1.807, 2.05) is 12.1 Å². The highest BCUT2D eigenvalue weighted by Gasteiger charge is 2.24.